The number of aromatic nitrogens is 1. The van der Waals surface area contributed by atoms with Gasteiger partial charge in [0.25, 0.3) is 0 Å². The molecule has 0 fully saturated rings. The van der Waals surface area contributed by atoms with Gasteiger partial charge in [-0.1, -0.05) is 5.16 Å². The summed E-state index contributed by atoms with van der Waals surface area (Å²) in [6.07, 6.45) is 1.37. The van der Waals surface area contributed by atoms with Gasteiger partial charge in [0.05, 0.1) is 24.9 Å². The number of esters is 1. The number of nitrogens with zero attached hydrogens (tertiary/aromatic N) is 1. The number of carbonyl (C=O) groups is 1. The molecule has 7 heteroatoms. The maximum absolute atomic E-state index is 13.7. The molecule has 0 aliphatic rings. The number of anilines is 1. The van der Waals surface area contributed by atoms with Crippen molar-refractivity contribution in [3.05, 3.63) is 47.4 Å². The van der Waals surface area contributed by atoms with Crippen LogP contribution in [0.4, 0.5) is 14.5 Å². The third-order valence-electron chi connectivity index (χ3n) is 2.44. The average molecular weight is 268 g/mol. The highest BCUT2D eigenvalue weighted by atomic mass is 19.2. The van der Waals surface area contributed by atoms with E-state index in [0.29, 0.717) is 5.69 Å². The molecule has 1 aromatic heterocycles. The predicted octanol–water partition coefficient (Wildman–Crippen LogP) is 2.35. The van der Waals surface area contributed by atoms with E-state index in [1.165, 1.54) is 12.3 Å². The molecule has 100 valence electrons. The number of hydrogen-bond donors (Lipinski definition) is 1. The third kappa shape index (κ3) is 2.70. The van der Waals surface area contributed by atoms with Crippen molar-refractivity contribution in [1.29, 1.82) is 0 Å². The Balaban J connectivity index is 2.19. The molecular formula is C12H10F2N2O3. The summed E-state index contributed by atoms with van der Waals surface area (Å²) in [4.78, 5) is 11.2. The fourth-order valence-corrected chi connectivity index (χ4v) is 1.47. The first kappa shape index (κ1) is 13.0. The van der Waals surface area contributed by atoms with Crippen LogP contribution in [0.1, 0.15) is 16.1 Å². The normalized spacial score (nSPS) is 10.3. The minimum Gasteiger partial charge on any atom is -0.465 e. The van der Waals surface area contributed by atoms with Gasteiger partial charge in [-0.05, 0) is 12.1 Å². The van der Waals surface area contributed by atoms with E-state index in [0.717, 1.165) is 13.2 Å². The highest BCUT2D eigenvalue weighted by molar-refractivity contribution is 5.90. The van der Waals surface area contributed by atoms with Crippen LogP contribution in [-0.4, -0.2) is 18.2 Å². The summed E-state index contributed by atoms with van der Waals surface area (Å²) in [6.45, 7) is 0.171. The molecule has 0 bridgehead atoms. The summed E-state index contributed by atoms with van der Waals surface area (Å²) >= 11 is 0. The van der Waals surface area contributed by atoms with Gasteiger partial charge in [0.15, 0.2) is 11.6 Å². The number of carbonyl (C=O) groups excluding carboxylic acids is 1. The summed E-state index contributed by atoms with van der Waals surface area (Å²) in [5.41, 5.74) is 0.0111. The van der Waals surface area contributed by atoms with Gasteiger partial charge in [0.1, 0.15) is 12.0 Å². The Morgan fingerprint density at radius 2 is 2.16 bits per heavy atom. The number of benzene rings is 1. The molecule has 0 unspecified atom stereocenters. The number of halogens is 2. The summed E-state index contributed by atoms with van der Waals surface area (Å²) < 4.78 is 36.3. The van der Waals surface area contributed by atoms with Crippen molar-refractivity contribution < 1.29 is 22.8 Å². The standard InChI is InChI=1S/C12H10F2N2O3/c1-18-12(17)8-2-3-9(11(14)10(8)13)15-6-7-4-5-19-16-7/h2-5,15H,6H2,1H3. The monoisotopic (exact) mass is 268 g/mol. The summed E-state index contributed by atoms with van der Waals surface area (Å²) in [5, 5.41) is 6.27. The van der Waals surface area contributed by atoms with E-state index in [1.807, 2.05) is 0 Å². The van der Waals surface area contributed by atoms with Crippen molar-refractivity contribution in [3.8, 4) is 0 Å². The van der Waals surface area contributed by atoms with Gasteiger partial charge in [0, 0.05) is 6.07 Å². The molecule has 19 heavy (non-hydrogen) atoms. The Kier molecular flexibility index (Phi) is 3.74. The highest BCUT2D eigenvalue weighted by Gasteiger charge is 2.18. The zero-order valence-corrected chi connectivity index (χ0v) is 9.94. The Hall–Kier alpha value is -2.44. The lowest BCUT2D eigenvalue weighted by Gasteiger charge is -2.08. The van der Waals surface area contributed by atoms with Crippen molar-refractivity contribution in [2.75, 3.05) is 12.4 Å². The lowest BCUT2D eigenvalue weighted by molar-refractivity contribution is 0.0594. The minimum absolute atomic E-state index is 0.0758. The molecule has 2 aromatic rings. The van der Waals surface area contributed by atoms with Gasteiger partial charge in [-0.25, -0.2) is 13.6 Å². The lowest BCUT2D eigenvalue weighted by Crippen LogP contribution is -2.09. The second-order valence-electron chi connectivity index (χ2n) is 3.62. The SMILES string of the molecule is COC(=O)c1ccc(NCc2ccon2)c(F)c1F. The molecular weight excluding hydrogens is 258 g/mol. The smallest absolute Gasteiger partial charge is 0.340 e. The van der Waals surface area contributed by atoms with Gasteiger partial charge in [-0.15, -0.1) is 0 Å². The maximum Gasteiger partial charge on any atom is 0.340 e. The Morgan fingerprint density at radius 3 is 2.79 bits per heavy atom. The third-order valence-corrected chi connectivity index (χ3v) is 2.44. The molecule has 0 saturated heterocycles. The molecule has 5 nitrogen and oxygen atoms in total. The van der Waals surface area contributed by atoms with Gasteiger partial charge in [-0.2, -0.15) is 0 Å². The molecule has 1 N–H and O–H groups in total. The molecule has 0 amide bonds. The fourth-order valence-electron chi connectivity index (χ4n) is 1.47. The zero-order valence-electron chi connectivity index (χ0n) is 9.94. The highest BCUT2D eigenvalue weighted by Crippen LogP contribution is 2.21. The van der Waals surface area contributed by atoms with Crippen molar-refractivity contribution in [2.24, 2.45) is 0 Å². The van der Waals surface area contributed by atoms with E-state index in [9.17, 15) is 13.6 Å². The largest absolute Gasteiger partial charge is 0.465 e. The van der Waals surface area contributed by atoms with E-state index in [2.05, 4.69) is 19.7 Å². The second-order valence-corrected chi connectivity index (χ2v) is 3.62. The molecule has 0 radical (unpaired) electrons. The summed E-state index contributed by atoms with van der Waals surface area (Å²) in [7, 11) is 1.09. The molecule has 0 spiro atoms. The van der Waals surface area contributed by atoms with E-state index < -0.39 is 23.2 Å². The average Bonchev–Trinajstić information content (AvgIpc) is 2.93. The van der Waals surface area contributed by atoms with Gasteiger partial charge in [-0.3, -0.25) is 0 Å². The van der Waals surface area contributed by atoms with E-state index >= 15 is 0 Å². The Morgan fingerprint density at radius 1 is 1.37 bits per heavy atom. The van der Waals surface area contributed by atoms with Crippen LogP contribution in [0.3, 0.4) is 0 Å². The Labute approximate surface area is 107 Å². The van der Waals surface area contributed by atoms with Crippen molar-refractivity contribution >= 4 is 11.7 Å². The topological polar surface area (TPSA) is 64.4 Å². The van der Waals surface area contributed by atoms with Crippen LogP contribution in [0, 0.1) is 11.6 Å². The maximum atomic E-state index is 13.7. The number of methoxy groups -OCH3 is 1. The molecule has 1 aromatic carbocycles. The van der Waals surface area contributed by atoms with Crippen LogP contribution in [0.25, 0.3) is 0 Å². The van der Waals surface area contributed by atoms with E-state index in [1.54, 1.807) is 6.07 Å². The van der Waals surface area contributed by atoms with Crippen LogP contribution in [0.15, 0.2) is 29.0 Å². The van der Waals surface area contributed by atoms with Crippen LogP contribution >= 0.6 is 0 Å². The molecule has 0 aliphatic heterocycles. The first-order valence-corrected chi connectivity index (χ1v) is 5.33. The van der Waals surface area contributed by atoms with Crippen LogP contribution in [-0.2, 0) is 11.3 Å². The first-order chi connectivity index (χ1) is 9.13. The lowest BCUT2D eigenvalue weighted by atomic mass is 10.2. The van der Waals surface area contributed by atoms with Crippen molar-refractivity contribution in [2.45, 2.75) is 6.54 Å². The van der Waals surface area contributed by atoms with Gasteiger partial charge in [0.2, 0.25) is 0 Å². The van der Waals surface area contributed by atoms with Crippen molar-refractivity contribution in [3.63, 3.8) is 0 Å². The van der Waals surface area contributed by atoms with Gasteiger partial charge >= 0.3 is 5.97 Å². The number of rotatable bonds is 4. The molecule has 0 saturated carbocycles. The van der Waals surface area contributed by atoms with Crippen LogP contribution < -0.4 is 5.32 Å². The van der Waals surface area contributed by atoms with E-state index in [4.69, 9.17) is 0 Å². The fraction of sp³-hybridized carbons (Fsp3) is 0.167. The number of ether oxygens (including phenoxy) is 1. The van der Waals surface area contributed by atoms with Crippen LogP contribution in [0.5, 0.6) is 0 Å². The van der Waals surface area contributed by atoms with Crippen molar-refractivity contribution in [1.82, 2.24) is 5.16 Å². The molecule has 0 atom stereocenters. The second kappa shape index (κ2) is 5.47. The van der Waals surface area contributed by atoms with E-state index in [-0.39, 0.29) is 12.2 Å². The van der Waals surface area contributed by atoms with Crippen LogP contribution in [0.2, 0.25) is 0 Å². The first-order valence-electron chi connectivity index (χ1n) is 5.33. The minimum atomic E-state index is -1.25. The number of nitrogens with one attached hydrogen (secondary N) is 1. The quantitative estimate of drug-likeness (QED) is 0.862. The molecule has 2 rings (SSSR count). The predicted molar refractivity (Wildman–Crippen MR) is 61.5 cm³/mol. The van der Waals surface area contributed by atoms with Gasteiger partial charge < -0.3 is 14.6 Å². The summed E-state index contributed by atoms with van der Waals surface area (Å²) in [5.74, 6) is -3.33. The molecule has 0 aliphatic carbocycles. The molecule has 1 heterocycles. The Bertz CT molecular complexity index is 585. The zero-order chi connectivity index (χ0) is 13.8. The summed E-state index contributed by atoms with van der Waals surface area (Å²) in [6, 6.07) is 3.99. The number of hydrogen-bond acceptors (Lipinski definition) is 5.